The molecule has 1 saturated heterocycles. The maximum atomic E-state index is 5.51. The van der Waals surface area contributed by atoms with E-state index >= 15 is 0 Å². The summed E-state index contributed by atoms with van der Waals surface area (Å²) < 4.78 is 5.51. The van der Waals surface area contributed by atoms with E-state index in [9.17, 15) is 0 Å². The molecule has 158 valence electrons. The number of rotatable bonds is 3. The van der Waals surface area contributed by atoms with Gasteiger partial charge < -0.3 is 15.0 Å². The van der Waals surface area contributed by atoms with Gasteiger partial charge in [0.1, 0.15) is 0 Å². The lowest BCUT2D eigenvalue weighted by Crippen LogP contribution is -2.03. The number of methoxy groups -OCH3 is 1. The number of ether oxygens (including phenoxy) is 1. The number of nitrogens with zero attached hydrogens (tertiary/aromatic N) is 2. The molecule has 0 atom stereocenters. The van der Waals surface area contributed by atoms with Crippen LogP contribution in [-0.4, -0.2) is 35.2 Å². The zero-order valence-electron chi connectivity index (χ0n) is 19.0. The Morgan fingerprint density at radius 3 is 2.24 bits per heavy atom. The van der Waals surface area contributed by atoms with Crippen LogP contribution in [-0.2, 0) is 0 Å². The molecule has 4 heterocycles. The average molecular weight is 397 g/mol. The van der Waals surface area contributed by atoms with Crippen LogP contribution < -0.4 is 10.1 Å². The van der Waals surface area contributed by atoms with E-state index in [4.69, 9.17) is 9.72 Å². The molecular formula is C24H36N4O. The SMILES string of the molecule is C1CCNC1.CC.COc1nc(C(C)C)ccc1-c1nc2c(C)c[nH]c2cc1C. The van der Waals surface area contributed by atoms with Gasteiger partial charge in [0, 0.05) is 11.9 Å². The Hall–Kier alpha value is -2.40. The minimum Gasteiger partial charge on any atom is -0.480 e. The highest BCUT2D eigenvalue weighted by molar-refractivity contribution is 5.84. The first-order valence-corrected chi connectivity index (χ1v) is 10.7. The van der Waals surface area contributed by atoms with Crippen molar-refractivity contribution in [3.63, 3.8) is 0 Å². The van der Waals surface area contributed by atoms with Gasteiger partial charge in [-0.1, -0.05) is 27.7 Å². The Bertz CT molecular complexity index is 903. The van der Waals surface area contributed by atoms with Crippen LogP contribution in [0.2, 0.25) is 0 Å². The predicted molar refractivity (Wildman–Crippen MR) is 123 cm³/mol. The van der Waals surface area contributed by atoms with Crippen molar-refractivity contribution in [2.24, 2.45) is 0 Å². The van der Waals surface area contributed by atoms with Crippen LogP contribution in [0.3, 0.4) is 0 Å². The standard InChI is InChI=1S/C18H21N3O.C4H9N.C2H6/c1-10(2)14-7-6-13(18(20-14)22-5)16-11(3)8-15-17(21-16)12(4)9-19-15;1-2-4-5-3-1;1-2/h6-10,19H,1-5H3;5H,1-4H2;1-2H3. The molecule has 1 fully saturated rings. The van der Waals surface area contributed by atoms with E-state index in [-0.39, 0.29) is 0 Å². The maximum absolute atomic E-state index is 5.51. The topological polar surface area (TPSA) is 62.8 Å². The van der Waals surface area contributed by atoms with Crippen LogP contribution in [0, 0.1) is 13.8 Å². The first-order chi connectivity index (χ1) is 14.0. The average Bonchev–Trinajstić information content (AvgIpc) is 3.42. The third-order valence-electron chi connectivity index (χ3n) is 4.91. The molecule has 0 bridgehead atoms. The number of aromatic amines is 1. The first-order valence-electron chi connectivity index (χ1n) is 10.7. The zero-order valence-corrected chi connectivity index (χ0v) is 19.0. The summed E-state index contributed by atoms with van der Waals surface area (Å²) in [5.41, 5.74) is 7.19. The third-order valence-corrected chi connectivity index (χ3v) is 4.91. The van der Waals surface area contributed by atoms with E-state index in [0.29, 0.717) is 11.8 Å². The molecule has 3 aromatic rings. The minimum absolute atomic E-state index is 0.367. The Balaban J connectivity index is 0.000000367. The molecule has 29 heavy (non-hydrogen) atoms. The quantitative estimate of drug-likeness (QED) is 0.590. The molecule has 0 amide bonds. The summed E-state index contributed by atoms with van der Waals surface area (Å²) in [5.74, 6) is 1.00. The summed E-state index contributed by atoms with van der Waals surface area (Å²) in [5, 5.41) is 3.22. The van der Waals surface area contributed by atoms with Crippen molar-refractivity contribution in [3.8, 4) is 17.1 Å². The van der Waals surface area contributed by atoms with Crippen LogP contribution in [0.5, 0.6) is 5.88 Å². The van der Waals surface area contributed by atoms with Gasteiger partial charge >= 0.3 is 0 Å². The van der Waals surface area contributed by atoms with Gasteiger partial charge in [0.05, 0.1) is 29.4 Å². The Morgan fingerprint density at radius 2 is 1.69 bits per heavy atom. The minimum atomic E-state index is 0.367. The smallest absolute Gasteiger partial charge is 0.222 e. The van der Waals surface area contributed by atoms with Crippen molar-refractivity contribution in [1.82, 2.24) is 20.3 Å². The number of fused-ring (bicyclic) bond motifs is 1. The molecule has 4 rings (SSSR count). The van der Waals surface area contributed by atoms with Crippen LogP contribution in [0.15, 0.2) is 24.4 Å². The van der Waals surface area contributed by atoms with E-state index in [1.165, 1.54) is 25.9 Å². The van der Waals surface area contributed by atoms with E-state index in [1.54, 1.807) is 7.11 Å². The molecular weight excluding hydrogens is 360 g/mol. The van der Waals surface area contributed by atoms with Gasteiger partial charge in [0.25, 0.3) is 0 Å². The Labute approximate surface area is 175 Å². The second-order valence-electron chi connectivity index (χ2n) is 7.43. The highest BCUT2D eigenvalue weighted by Crippen LogP contribution is 2.32. The largest absolute Gasteiger partial charge is 0.480 e. The van der Waals surface area contributed by atoms with Crippen LogP contribution in [0.1, 0.15) is 63.3 Å². The number of H-pyrrole nitrogens is 1. The normalized spacial score (nSPS) is 13.0. The molecule has 1 aliphatic rings. The lowest BCUT2D eigenvalue weighted by atomic mass is 10.0. The summed E-state index contributed by atoms with van der Waals surface area (Å²) in [4.78, 5) is 12.7. The molecule has 0 aliphatic carbocycles. The number of hydrogen-bond donors (Lipinski definition) is 2. The molecule has 2 N–H and O–H groups in total. The second kappa shape index (κ2) is 11.0. The Morgan fingerprint density at radius 1 is 1.00 bits per heavy atom. The molecule has 0 spiro atoms. The summed E-state index contributed by atoms with van der Waals surface area (Å²) in [7, 11) is 1.66. The summed E-state index contributed by atoms with van der Waals surface area (Å²) in [6.45, 7) is 14.9. The Kier molecular flexibility index (Phi) is 8.65. The number of pyridine rings is 2. The fourth-order valence-electron chi connectivity index (χ4n) is 3.29. The third kappa shape index (κ3) is 5.57. The van der Waals surface area contributed by atoms with Crippen molar-refractivity contribution >= 4 is 11.0 Å². The highest BCUT2D eigenvalue weighted by atomic mass is 16.5. The summed E-state index contributed by atoms with van der Waals surface area (Å²) in [6.07, 6.45) is 4.76. The second-order valence-corrected chi connectivity index (χ2v) is 7.43. The van der Waals surface area contributed by atoms with Crippen molar-refractivity contribution in [1.29, 1.82) is 0 Å². The highest BCUT2D eigenvalue weighted by Gasteiger charge is 2.15. The maximum Gasteiger partial charge on any atom is 0.222 e. The molecule has 0 unspecified atom stereocenters. The van der Waals surface area contributed by atoms with E-state index in [2.05, 4.69) is 61.2 Å². The van der Waals surface area contributed by atoms with Gasteiger partial charge in [-0.2, -0.15) is 0 Å². The van der Waals surface area contributed by atoms with Gasteiger partial charge in [-0.25, -0.2) is 9.97 Å². The molecule has 0 saturated carbocycles. The van der Waals surface area contributed by atoms with Crippen LogP contribution >= 0.6 is 0 Å². The number of nitrogens with one attached hydrogen (secondary N) is 2. The number of aromatic nitrogens is 3. The van der Waals surface area contributed by atoms with Gasteiger partial charge in [-0.05, 0) is 75.0 Å². The van der Waals surface area contributed by atoms with Crippen molar-refractivity contribution in [3.05, 3.63) is 41.2 Å². The van der Waals surface area contributed by atoms with E-state index in [0.717, 1.165) is 39.1 Å². The summed E-state index contributed by atoms with van der Waals surface area (Å²) in [6, 6.07) is 6.24. The van der Waals surface area contributed by atoms with Crippen molar-refractivity contribution < 1.29 is 4.74 Å². The van der Waals surface area contributed by atoms with Gasteiger partial charge in [0.2, 0.25) is 5.88 Å². The molecule has 0 aromatic carbocycles. The molecule has 3 aromatic heterocycles. The number of aryl methyl sites for hydroxylation is 2. The van der Waals surface area contributed by atoms with Gasteiger partial charge in [-0.3, -0.25) is 0 Å². The number of hydrogen-bond acceptors (Lipinski definition) is 4. The molecule has 1 aliphatic heterocycles. The first kappa shape index (κ1) is 22.9. The zero-order chi connectivity index (χ0) is 21.4. The van der Waals surface area contributed by atoms with Gasteiger partial charge in [0.15, 0.2) is 0 Å². The summed E-state index contributed by atoms with van der Waals surface area (Å²) >= 11 is 0. The predicted octanol–water partition coefficient (Wildman–Crippen LogP) is 5.77. The van der Waals surface area contributed by atoms with E-state index in [1.807, 2.05) is 20.0 Å². The fourth-order valence-corrected chi connectivity index (χ4v) is 3.29. The van der Waals surface area contributed by atoms with Gasteiger partial charge in [-0.15, -0.1) is 0 Å². The lowest BCUT2D eigenvalue weighted by Gasteiger charge is -2.13. The molecule has 0 radical (unpaired) electrons. The fraction of sp³-hybridized carbons (Fsp3) is 0.500. The van der Waals surface area contributed by atoms with Crippen molar-refractivity contribution in [2.75, 3.05) is 20.2 Å². The molecule has 5 heteroatoms. The monoisotopic (exact) mass is 396 g/mol. The van der Waals surface area contributed by atoms with E-state index < -0.39 is 0 Å². The lowest BCUT2D eigenvalue weighted by molar-refractivity contribution is 0.397. The van der Waals surface area contributed by atoms with Crippen molar-refractivity contribution in [2.45, 2.75) is 60.3 Å². The van der Waals surface area contributed by atoms with Crippen LogP contribution in [0.25, 0.3) is 22.3 Å². The molecule has 5 nitrogen and oxygen atoms in total. The van der Waals surface area contributed by atoms with Crippen LogP contribution in [0.4, 0.5) is 0 Å².